The van der Waals surface area contributed by atoms with E-state index in [1.807, 2.05) is 0 Å². The second-order valence-electron chi connectivity index (χ2n) is 0.625. The SMILES string of the molecule is [2H]C([2H])([2H])C([2H])([2H])C([2H])(C([2H])([2H])[2H])C([2H])([2H])C([2H])([2H])[2H]. The normalized spacial score (nSPS) is 57.3. The van der Waals surface area contributed by atoms with Crippen molar-refractivity contribution in [2.45, 2.75) is 33.3 Å². The Labute approximate surface area is 60.2 Å². The van der Waals surface area contributed by atoms with Crippen LogP contribution in [0.1, 0.15) is 52.5 Å². The summed E-state index contributed by atoms with van der Waals surface area (Å²) >= 11 is 0. The number of hydrogen-bond acceptors (Lipinski definition) is 0. The minimum absolute atomic E-state index is 3.69. The maximum Gasteiger partial charge on any atom is 0.0300 e. The third kappa shape index (κ3) is 2.25. The molecule has 0 fully saturated rings. The van der Waals surface area contributed by atoms with E-state index >= 15 is 0 Å². The van der Waals surface area contributed by atoms with Gasteiger partial charge in [0.15, 0.2) is 0 Å². The molecule has 0 bridgehead atoms. The first-order valence-electron chi connectivity index (χ1n) is 8.25. The highest BCUT2D eigenvalue weighted by Gasteiger charge is 1.88. The molecule has 0 aliphatic carbocycles. The van der Waals surface area contributed by atoms with E-state index in [1.54, 1.807) is 0 Å². The van der Waals surface area contributed by atoms with E-state index in [2.05, 4.69) is 0 Å². The fourth-order valence-corrected chi connectivity index (χ4v) is 0.0312. The summed E-state index contributed by atoms with van der Waals surface area (Å²) in [6.07, 6.45) is -7.83. The number of rotatable bonds is 2. The van der Waals surface area contributed by atoms with Gasteiger partial charge in [-0.15, -0.1) is 0 Å². The maximum absolute atomic E-state index is 7.66. The van der Waals surface area contributed by atoms with Gasteiger partial charge in [-0.05, 0) is 5.89 Å². The van der Waals surface area contributed by atoms with E-state index in [9.17, 15) is 0 Å². The van der Waals surface area contributed by atoms with Crippen molar-refractivity contribution in [3.63, 3.8) is 0 Å². The summed E-state index contributed by atoms with van der Waals surface area (Å²) in [5, 5.41) is 0. The summed E-state index contributed by atoms with van der Waals surface area (Å²) in [5.41, 5.74) is 0. The lowest BCUT2D eigenvalue weighted by Crippen LogP contribution is -1.85. The topological polar surface area (TPSA) is 0 Å². The Morgan fingerprint density at radius 1 is 1.83 bits per heavy atom. The van der Waals surface area contributed by atoms with Crippen molar-refractivity contribution in [1.29, 1.82) is 0 Å². The van der Waals surface area contributed by atoms with Crippen LogP contribution in [0.4, 0.5) is 0 Å². The highest BCUT2D eigenvalue weighted by atomic mass is 13.9. The molecule has 6 heavy (non-hydrogen) atoms. The van der Waals surface area contributed by atoms with Crippen LogP contribution in [0.3, 0.4) is 0 Å². The van der Waals surface area contributed by atoms with E-state index < -0.39 is 39.2 Å². The molecule has 0 aromatic rings. The van der Waals surface area contributed by atoms with E-state index in [4.69, 9.17) is 19.2 Å². The molecule has 0 heterocycles. The minimum Gasteiger partial charge on any atom is -0.0651 e. The minimum atomic E-state index is -4.01. The van der Waals surface area contributed by atoms with Crippen LogP contribution in [-0.4, -0.2) is 0 Å². The lowest BCUT2D eigenvalue weighted by Gasteiger charge is -1.98. The summed E-state index contributed by atoms with van der Waals surface area (Å²) in [6, 6.07) is 0. The molecule has 0 radical (unpaired) electrons. The fraction of sp³-hybridized carbons (Fsp3) is 1.00. The zero-order valence-electron chi connectivity index (χ0n) is 17.0. The van der Waals surface area contributed by atoms with Gasteiger partial charge in [-0.2, -0.15) is 0 Å². The Kier molecular flexibility index (Phi) is 0.222. The molecule has 0 unspecified atom stereocenters. The largest absolute Gasteiger partial charge is 0.0651 e. The maximum atomic E-state index is 7.66. The van der Waals surface area contributed by atoms with Crippen LogP contribution in [0, 0.1) is 5.89 Å². The van der Waals surface area contributed by atoms with Gasteiger partial charge in [0.1, 0.15) is 0 Å². The Hall–Kier alpha value is 0. The summed E-state index contributed by atoms with van der Waals surface area (Å²) in [4.78, 5) is 0. The standard InChI is InChI=1S/C6H14/c1-4-6(3)5-2/h6H,4-5H2,1-3H3/i1D3,2D3,3D3,4D2,5D2,6D. The van der Waals surface area contributed by atoms with Crippen molar-refractivity contribution in [3.05, 3.63) is 0 Å². The molecule has 0 aliphatic heterocycles. The molecule has 0 rings (SSSR count). The zero-order valence-corrected chi connectivity index (χ0v) is 3.00. The third-order valence-corrected chi connectivity index (χ3v) is 0.250. The van der Waals surface area contributed by atoms with Crippen molar-refractivity contribution in [2.24, 2.45) is 5.89 Å². The average Bonchev–Trinajstić information content (AvgIpc) is 2.10. The Morgan fingerprint density at radius 2 is 2.50 bits per heavy atom. The first kappa shape index (κ1) is 0.416. The van der Waals surface area contributed by atoms with Crippen LogP contribution in [0.2, 0.25) is 0 Å². The van der Waals surface area contributed by atoms with Crippen molar-refractivity contribution >= 4 is 0 Å². The predicted molar refractivity (Wildman–Crippen MR) is 29.7 cm³/mol. The first-order valence-corrected chi connectivity index (χ1v) is 1.25. The van der Waals surface area contributed by atoms with Crippen LogP contribution >= 0.6 is 0 Å². The number of hydrogen-bond donors (Lipinski definition) is 0. The van der Waals surface area contributed by atoms with Crippen LogP contribution in [0.5, 0.6) is 0 Å². The Balaban J connectivity index is 6.50. The molecule has 0 heteroatoms. The molecule has 0 N–H and O–H groups in total. The molecular weight excluding hydrogens is 72.1 g/mol. The molecule has 0 aromatic heterocycles. The van der Waals surface area contributed by atoms with Crippen molar-refractivity contribution < 1.29 is 19.2 Å². The molecule has 0 aromatic carbocycles. The van der Waals surface area contributed by atoms with Gasteiger partial charge in [0.05, 0.1) is 0 Å². The van der Waals surface area contributed by atoms with Gasteiger partial charge in [-0.3, -0.25) is 0 Å². The van der Waals surface area contributed by atoms with Gasteiger partial charge in [0.25, 0.3) is 0 Å². The monoisotopic (exact) mass is 100 g/mol. The van der Waals surface area contributed by atoms with Gasteiger partial charge < -0.3 is 0 Å². The molecule has 0 aliphatic rings. The summed E-state index contributed by atoms with van der Waals surface area (Å²) in [5.74, 6) is -4.01. The summed E-state index contributed by atoms with van der Waals surface area (Å²) < 4.78 is 101. The Morgan fingerprint density at radius 3 is 2.83 bits per heavy atom. The predicted octanol–water partition coefficient (Wildman–Crippen LogP) is 2.44. The molecule has 0 spiro atoms. The molecule has 0 nitrogen and oxygen atoms in total. The van der Waals surface area contributed by atoms with E-state index in [0.717, 1.165) is 0 Å². The van der Waals surface area contributed by atoms with Gasteiger partial charge in [-0.25, -0.2) is 0 Å². The molecular formula is C6H14. The van der Waals surface area contributed by atoms with Crippen LogP contribution in [0.25, 0.3) is 0 Å². The van der Waals surface area contributed by atoms with Crippen molar-refractivity contribution in [3.8, 4) is 0 Å². The molecule has 0 amide bonds. The third-order valence-electron chi connectivity index (χ3n) is 0.250. The quantitative estimate of drug-likeness (QED) is 0.500. The molecule has 0 atom stereocenters. The van der Waals surface area contributed by atoms with E-state index in [1.165, 1.54) is 0 Å². The van der Waals surface area contributed by atoms with Crippen LogP contribution in [-0.2, 0) is 0 Å². The van der Waals surface area contributed by atoms with Crippen molar-refractivity contribution in [2.75, 3.05) is 0 Å². The molecule has 0 saturated heterocycles. The zero-order chi connectivity index (χ0) is 17.0. The second kappa shape index (κ2) is 3.20. The lowest BCUT2D eigenvalue weighted by molar-refractivity contribution is 0.544. The van der Waals surface area contributed by atoms with E-state index in [-0.39, 0.29) is 0 Å². The highest BCUT2D eigenvalue weighted by Crippen LogP contribution is 2.02. The average molecular weight is 100 g/mol. The lowest BCUT2D eigenvalue weighted by atomic mass is 10.1. The first-order chi connectivity index (χ1) is 8.25. The second-order valence-corrected chi connectivity index (χ2v) is 0.625. The van der Waals surface area contributed by atoms with Gasteiger partial charge >= 0.3 is 0 Å². The molecule has 38 valence electrons. The Bertz CT molecular complexity index is 325. The van der Waals surface area contributed by atoms with E-state index in [0.29, 0.717) is 0 Å². The fourth-order valence-electron chi connectivity index (χ4n) is 0.0312. The smallest absolute Gasteiger partial charge is 0.0300 e. The van der Waals surface area contributed by atoms with Gasteiger partial charge in [-0.1, -0.05) is 33.3 Å². The summed E-state index contributed by atoms with van der Waals surface area (Å²) in [6.45, 7) is -11.2. The van der Waals surface area contributed by atoms with Crippen molar-refractivity contribution in [1.82, 2.24) is 0 Å². The van der Waals surface area contributed by atoms with Gasteiger partial charge in [0, 0.05) is 19.2 Å². The summed E-state index contributed by atoms with van der Waals surface area (Å²) in [7, 11) is 0. The van der Waals surface area contributed by atoms with Gasteiger partial charge in [0.2, 0.25) is 0 Å². The highest BCUT2D eigenvalue weighted by molar-refractivity contribution is 4.41. The van der Waals surface area contributed by atoms with Crippen LogP contribution in [0.15, 0.2) is 0 Å². The van der Waals surface area contributed by atoms with Crippen LogP contribution < -0.4 is 0 Å². The molecule has 0 saturated carbocycles.